The molecule has 1 saturated heterocycles. The number of ether oxygens (including phenoxy) is 1. The molecule has 1 unspecified atom stereocenters. The highest BCUT2D eigenvalue weighted by Crippen LogP contribution is 2.33. The predicted octanol–water partition coefficient (Wildman–Crippen LogP) is 3.35. The van der Waals surface area contributed by atoms with Crippen molar-refractivity contribution in [3.63, 3.8) is 0 Å². The standard InChI is InChI=1S/C15H24N4O.2C2HF3O2/c1-11(2)17-14-5-6-16-15(18-14)13-10-20-8-7-19(13)9-12-3-4-12;2*3-2(4,5)1(6)7/h5-6,11-13H,3-4,7-10H2,1-2H3,(H,16,17,18);2*(H,6,7). The summed E-state index contributed by atoms with van der Waals surface area (Å²) in [6, 6.07) is 2.51. The molecular weight excluding hydrogens is 478 g/mol. The summed E-state index contributed by atoms with van der Waals surface area (Å²) in [4.78, 5) is 29.4. The van der Waals surface area contributed by atoms with Crippen LogP contribution in [0.5, 0.6) is 0 Å². The van der Waals surface area contributed by atoms with E-state index in [0.29, 0.717) is 12.6 Å². The lowest BCUT2D eigenvalue weighted by Crippen LogP contribution is -2.41. The molecule has 0 amide bonds. The molecule has 2 fully saturated rings. The maximum Gasteiger partial charge on any atom is 0.490 e. The summed E-state index contributed by atoms with van der Waals surface area (Å²) in [5.41, 5.74) is 0. The number of carboxylic acid groups (broad SMARTS) is 2. The fourth-order valence-electron chi connectivity index (χ4n) is 2.64. The van der Waals surface area contributed by atoms with Gasteiger partial charge in [0, 0.05) is 25.3 Å². The molecule has 9 nitrogen and oxygen atoms in total. The quantitative estimate of drug-likeness (QED) is 0.518. The van der Waals surface area contributed by atoms with Gasteiger partial charge in [-0.1, -0.05) is 0 Å². The Morgan fingerprint density at radius 3 is 2.12 bits per heavy atom. The molecule has 1 saturated carbocycles. The third-order valence-corrected chi connectivity index (χ3v) is 4.32. The van der Waals surface area contributed by atoms with Crippen molar-refractivity contribution in [2.45, 2.75) is 51.1 Å². The zero-order valence-corrected chi connectivity index (χ0v) is 18.4. The van der Waals surface area contributed by atoms with Gasteiger partial charge in [-0.2, -0.15) is 26.3 Å². The van der Waals surface area contributed by atoms with E-state index in [2.05, 4.69) is 34.0 Å². The molecule has 1 aromatic heterocycles. The highest BCUT2D eigenvalue weighted by Gasteiger charge is 2.39. The van der Waals surface area contributed by atoms with E-state index >= 15 is 0 Å². The molecule has 1 aliphatic carbocycles. The Hall–Kier alpha value is -2.68. The fourth-order valence-corrected chi connectivity index (χ4v) is 2.64. The molecule has 15 heteroatoms. The predicted molar refractivity (Wildman–Crippen MR) is 106 cm³/mol. The van der Waals surface area contributed by atoms with Crippen molar-refractivity contribution in [3.05, 3.63) is 18.1 Å². The lowest BCUT2D eigenvalue weighted by Gasteiger charge is -2.34. The van der Waals surface area contributed by atoms with Crippen LogP contribution in [0.25, 0.3) is 0 Å². The van der Waals surface area contributed by atoms with Crippen molar-refractivity contribution in [2.75, 3.05) is 31.6 Å². The fraction of sp³-hybridized carbons (Fsp3) is 0.684. The summed E-state index contributed by atoms with van der Waals surface area (Å²) in [5, 5.41) is 17.6. The molecule has 1 aliphatic heterocycles. The van der Waals surface area contributed by atoms with Crippen LogP contribution in [0.2, 0.25) is 0 Å². The van der Waals surface area contributed by atoms with Gasteiger partial charge in [-0.05, 0) is 38.7 Å². The number of aromatic nitrogens is 2. The molecule has 1 atom stereocenters. The van der Waals surface area contributed by atoms with Crippen LogP contribution in [-0.2, 0) is 14.3 Å². The Morgan fingerprint density at radius 1 is 1.15 bits per heavy atom. The summed E-state index contributed by atoms with van der Waals surface area (Å²) < 4.78 is 69.1. The summed E-state index contributed by atoms with van der Waals surface area (Å²) in [6.07, 6.45) is -5.57. The summed E-state index contributed by atoms with van der Waals surface area (Å²) in [5.74, 6) is -2.84. The van der Waals surface area contributed by atoms with Gasteiger partial charge in [0.2, 0.25) is 0 Å². The zero-order chi connectivity index (χ0) is 26.1. The van der Waals surface area contributed by atoms with E-state index in [1.54, 1.807) is 0 Å². The van der Waals surface area contributed by atoms with E-state index in [0.717, 1.165) is 30.7 Å². The largest absolute Gasteiger partial charge is 0.490 e. The number of hydrogen-bond donors (Lipinski definition) is 3. The second kappa shape index (κ2) is 12.7. The molecule has 0 spiro atoms. The first-order chi connectivity index (χ1) is 15.6. The lowest BCUT2D eigenvalue weighted by molar-refractivity contribution is -0.193. The van der Waals surface area contributed by atoms with Gasteiger partial charge in [0.25, 0.3) is 0 Å². The number of aliphatic carboxylic acids is 2. The molecule has 3 rings (SSSR count). The van der Waals surface area contributed by atoms with Gasteiger partial charge in [0.05, 0.1) is 19.3 Å². The highest BCUT2D eigenvalue weighted by atomic mass is 19.4. The van der Waals surface area contributed by atoms with Crippen LogP contribution in [0.15, 0.2) is 12.3 Å². The van der Waals surface area contributed by atoms with Crippen molar-refractivity contribution in [2.24, 2.45) is 5.92 Å². The molecule has 2 aliphatic rings. The van der Waals surface area contributed by atoms with Gasteiger partial charge >= 0.3 is 24.3 Å². The maximum atomic E-state index is 10.6. The third-order valence-electron chi connectivity index (χ3n) is 4.32. The Bertz CT molecular complexity index is 778. The Labute approximate surface area is 191 Å². The number of nitrogens with one attached hydrogen (secondary N) is 1. The van der Waals surface area contributed by atoms with Crippen LogP contribution in [0.1, 0.15) is 38.6 Å². The minimum absolute atomic E-state index is 0.207. The molecular formula is C19H26F6N4O5. The summed E-state index contributed by atoms with van der Waals surface area (Å²) in [6.45, 7) is 7.92. The van der Waals surface area contributed by atoms with Gasteiger partial charge in [0.1, 0.15) is 11.6 Å². The van der Waals surface area contributed by atoms with Crippen molar-refractivity contribution in [1.29, 1.82) is 0 Å². The molecule has 0 aromatic carbocycles. The number of carbonyl (C=O) groups is 2. The van der Waals surface area contributed by atoms with Gasteiger partial charge in [0.15, 0.2) is 0 Å². The monoisotopic (exact) mass is 504 g/mol. The number of carboxylic acids is 2. The van der Waals surface area contributed by atoms with Crippen LogP contribution in [0, 0.1) is 5.92 Å². The summed E-state index contributed by atoms with van der Waals surface area (Å²) in [7, 11) is 0. The number of alkyl halides is 6. The molecule has 2 heterocycles. The van der Waals surface area contributed by atoms with E-state index < -0.39 is 24.3 Å². The number of nitrogens with zero attached hydrogens (tertiary/aromatic N) is 3. The molecule has 0 radical (unpaired) electrons. The Morgan fingerprint density at radius 2 is 1.68 bits per heavy atom. The smallest absolute Gasteiger partial charge is 0.475 e. The number of anilines is 1. The Kier molecular flexibility index (Phi) is 11.0. The number of rotatable bonds is 5. The summed E-state index contributed by atoms with van der Waals surface area (Å²) >= 11 is 0. The second-order valence-electron chi connectivity index (χ2n) is 7.73. The van der Waals surface area contributed by atoms with Crippen molar-refractivity contribution in [1.82, 2.24) is 14.9 Å². The SMILES string of the molecule is CC(C)Nc1ccnc(C2COCCN2CC2CC2)n1.O=C(O)C(F)(F)F.O=C(O)C(F)(F)F. The molecule has 194 valence electrons. The highest BCUT2D eigenvalue weighted by molar-refractivity contribution is 5.73. The first-order valence-corrected chi connectivity index (χ1v) is 10.1. The van der Waals surface area contributed by atoms with E-state index in [1.807, 2.05) is 12.3 Å². The average Bonchev–Trinajstić information content (AvgIpc) is 3.52. The number of halogens is 6. The van der Waals surface area contributed by atoms with Gasteiger partial charge in [-0.15, -0.1) is 0 Å². The Balaban J connectivity index is 0.000000343. The minimum Gasteiger partial charge on any atom is -0.475 e. The average molecular weight is 504 g/mol. The lowest BCUT2D eigenvalue weighted by atomic mass is 10.2. The normalized spacial score (nSPS) is 18.8. The zero-order valence-electron chi connectivity index (χ0n) is 18.4. The minimum atomic E-state index is -5.08. The molecule has 34 heavy (non-hydrogen) atoms. The van der Waals surface area contributed by atoms with Gasteiger partial charge in [-0.25, -0.2) is 19.6 Å². The van der Waals surface area contributed by atoms with Crippen LogP contribution in [0.3, 0.4) is 0 Å². The maximum absolute atomic E-state index is 10.6. The van der Waals surface area contributed by atoms with Gasteiger partial charge < -0.3 is 20.3 Å². The van der Waals surface area contributed by atoms with E-state index in [9.17, 15) is 26.3 Å². The van der Waals surface area contributed by atoms with Crippen LogP contribution < -0.4 is 5.32 Å². The molecule has 0 bridgehead atoms. The van der Waals surface area contributed by atoms with Crippen LogP contribution in [-0.4, -0.2) is 81.7 Å². The van der Waals surface area contributed by atoms with E-state index in [1.165, 1.54) is 19.4 Å². The number of morpholine rings is 1. The number of hydrogen-bond acceptors (Lipinski definition) is 7. The molecule has 1 aromatic rings. The topological polar surface area (TPSA) is 125 Å². The van der Waals surface area contributed by atoms with Crippen LogP contribution in [0.4, 0.5) is 32.2 Å². The van der Waals surface area contributed by atoms with E-state index in [4.69, 9.17) is 24.5 Å². The van der Waals surface area contributed by atoms with Crippen molar-refractivity contribution in [3.8, 4) is 0 Å². The molecule has 3 N–H and O–H groups in total. The first-order valence-electron chi connectivity index (χ1n) is 10.1. The van der Waals surface area contributed by atoms with Gasteiger partial charge in [-0.3, -0.25) is 4.90 Å². The second-order valence-corrected chi connectivity index (χ2v) is 7.73. The van der Waals surface area contributed by atoms with E-state index in [-0.39, 0.29) is 6.04 Å². The van der Waals surface area contributed by atoms with Crippen molar-refractivity contribution >= 4 is 17.8 Å². The first kappa shape index (κ1) is 29.4. The van der Waals surface area contributed by atoms with Crippen LogP contribution >= 0.6 is 0 Å². The third kappa shape index (κ3) is 11.4. The van der Waals surface area contributed by atoms with Crippen molar-refractivity contribution < 1.29 is 50.9 Å².